The van der Waals surface area contributed by atoms with E-state index >= 15 is 4.39 Å². The first-order valence-electron chi connectivity index (χ1n) is 13.5. The number of primary amides is 1. The van der Waals surface area contributed by atoms with E-state index in [1.54, 1.807) is 24.4 Å². The molecular formula is C31H33ClFN5O4. The van der Waals surface area contributed by atoms with E-state index in [4.69, 9.17) is 22.1 Å². The summed E-state index contributed by atoms with van der Waals surface area (Å²) >= 11 is 6.26. The van der Waals surface area contributed by atoms with E-state index in [0.717, 1.165) is 0 Å². The average molecular weight is 594 g/mol. The Kier molecular flexibility index (Phi) is 7.49. The first-order valence-corrected chi connectivity index (χ1v) is 13.9. The molecule has 0 bridgehead atoms. The van der Waals surface area contributed by atoms with Gasteiger partial charge in [-0.05, 0) is 54.7 Å². The van der Waals surface area contributed by atoms with E-state index in [1.165, 1.54) is 31.4 Å². The molecule has 5 N–H and O–H groups in total. The van der Waals surface area contributed by atoms with E-state index in [2.05, 4.69) is 20.9 Å². The standard InChI is InChI=1S/C31H33ClFN5O4/c1-15-11-21-18(14-35-15)31(29(41)37-21)23(13-30(2,3)4)38-26(24(31)17-7-6-8-19(32)25(17)33)28(40)36-20-10-9-16(27(34)39)12-22(20)42-5/h6-12,14,23-24,26,38H,13H2,1-5H3,(H2,34,39)(H,36,40)(H,37,41)/t23-,24-,26+,31+/m0/s1. The van der Waals surface area contributed by atoms with Gasteiger partial charge in [0, 0.05) is 40.7 Å². The van der Waals surface area contributed by atoms with Crippen molar-refractivity contribution >= 4 is 40.7 Å². The van der Waals surface area contributed by atoms with E-state index in [0.29, 0.717) is 23.4 Å². The Morgan fingerprint density at radius 2 is 1.95 bits per heavy atom. The number of methoxy groups -OCH3 is 1. The molecule has 0 aliphatic carbocycles. The highest BCUT2D eigenvalue weighted by Gasteiger charge is 2.66. The number of nitrogens with two attached hydrogens (primary N) is 1. The third kappa shape index (κ3) is 4.88. The van der Waals surface area contributed by atoms with E-state index in [1.807, 2.05) is 27.7 Å². The van der Waals surface area contributed by atoms with Gasteiger partial charge in [-0.25, -0.2) is 4.39 Å². The number of pyridine rings is 1. The number of aryl methyl sites for hydroxylation is 1. The number of fused-ring (bicyclic) bond motifs is 2. The van der Waals surface area contributed by atoms with Crippen LogP contribution in [0.5, 0.6) is 5.75 Å². The molecule has 42 heavy (non-hydrogen) atoms. The zero-order chi connectivity index (χ0) is 30.6. The van der Waals surface area contributed by atoms with Gasteiger partial charge in [-0.1, -0.05) is 44.5 Å². The van der Waals surface area contributed by atoms with Crippen LogP contribution in [0.25, 0.3) is 0 Å². The molecule has 5 rings (SSSR count). The number of amides is 3. The minimum absolute atomic E-state index is 0.120. The van der Waals surface area contributed by atoms with Gasteiger partial charge in [-0.3, -0.25) is 19.4 Å². The lowest BCUT2D eigenvalue weighted by Crippen LogP contribution is -2.49. The van der Waals surface area contributed by atoms with Crippen molar-refractivity contribution in [3.05, 3.63) is 81.9 Å². The Balaban J connectivity index is 1.70. The summed E-state index contributed by atoms with van der Waals surface area (Å²) in [7, 11) is 1.40. The van der Waals surface area contributed by atoms with Gasteiger partial charge < -0.3 is 26.4 Å². The highest BCUT2D eigenvalue weighted by molar-refractivity contribution is 6.30. The molecule has 0 radical (unpaired) electrons. The number of nitrogens with zero attached hydrogens (tertiary/aromatic N) is 1. The number of hydrogen-bond donors (Lipinski definition) is 4. The van der Waals surface area contributed by atoms with E-state index < -0.39 is 41.0 Å². The second-order valence-electron chi connectivity index (χ2n) is 12.0. The maximum absolute atomic E-state index is 15.9. The topological polar surface area (TPSA) is 135 Å². The summed E-state index contributed by atoms with van der Waals surface area (Å²) in [6.07, 6.45) is 2.12. The maximum Gasteiger partial charge on any atom is 0.248 e. The third-order valence-corrected chi connectivity index (χ3v) is 8.32. The molecule has 0 unspecified atom stereocenters. The minimum Gasteiger partial charge on any atom is -0.495 e. The van der Waals surface area contributed by atoms with E-state index in [-0.39, 0.29) is 38.9 Å². The predicted molar refractivity (Wildman–Crippen MR) is 158 cm³/mol. The third-order valence-electron chi connectivity index (χ3n) is 8.02. The SMILES string of the molecule is COc1cc(C(N)=O)ccc1NC(=O)[C@@H]1N[C@@H](CC(C)(C)C)[C@@]2(C(=O)Nc3cc(C)ncc32)[C@H]1c1cccc(Cl)c1F. The van der Waals surface area contributed by atoms with Crippen LogP contribution in [0, 0.1) is 18.2 Å². The molecule has 1 saturated heterocycles. The number of carbonyl (C=O) groups is 3. The molecule has 3 amide bonds. The van der Waals surface area contributed by atoms with Crippen LogP contribution in [0.3, 0.4) is 0 Å². The van der Waals surface area contributed by atoms with Gasteiger partial charge in [-0.15, -0.1) is 0 Å². The molecule has 3 heterocycles. The number of rotatable bonds is 6. The van der Waals surface area contributed by atoms with Crippen molar-refractivity contribution in [1.82, 2.24) is 10.3 Å². The highest BCUT2D eigenvalue weighted by Crippen LogP contribution is 2.57. The molecule has 2 aromatic carbocycles. The van der Waals surface area contributed by atoms with Gasteiger partial charge in [0.15, 0.2) is 0 Å². The van der Waals surface area contributed by atoms with Crippen molar-refractivity contribution < 1.29 is 23.5 Å². The predicted octanol–water partition coefficient (Wildman–Crippen LogP) is 4.68. The number of anilines is 2. The fourth-order valence-corrected chi connectivity index (χ4v) is 6.50. The Morgan fingerprint density at radius 3 is 2.62 bits per heavy atom. The lowest BCUT2D eigenvalue weighted by atomic mass is 9.62. The van der Waals surface area contributed by atoms with Crippen molar-refractivity contribution in [2.45, 2.75) is 57.5 Å². The first kappa shape index (κ1) is 29.5. The molecule has 2 aliphatic heterocycles. The summed E-state index contributed by atoms with van der Waals surface area (Å²) in [4.78, 5) is 44.6. The maximum atomic E-state index is 15.9. The van der Waals surface area contributed by atoms with Gasteiger partial charge in [0.1, 0.15) is 17.0 Å². The Morgan fingerprint density at radius 1 is 1.21 bits per heavy atom. The Labute approximate surface area is 248 Å². The van der Waals surface area contributed by atoms with Crippen molar-refractivity contribution in [3.63, 3.8) is 0 Å². The summed E-state index contributed by atoms with van der Waals surface area (Å²) in [5.41, 5.74) is 6.22. The molecular weight excluding hydrogens is 561 g/mol. The van der Waals surface area contributed by atoms with Crippen LogP contribution in [0.1, 0.15) is 60.3 Å². The normalized spacial score (nSPS) is 23.0. The van der Waals surface area contributed by atoms with Gasteiger partial charge in [-0.2, -0.15) is 0 Å². The minimum atomic E-state index is -1.39. The van der Waals surface area contributed by atoms with Crippen LogP contribution in [-0.2, 0) is 15.0 Å². The molecule has 11 heteroatoms. The zero-order valence-electron chi connectivity index (χ0n) is 24.0. The lowest BCUT2D eigenvalue weighted by molar-refractivity contribution is -0.122. The van der Waals surface area contributed by atoms with Gasteiger partial charge in [0.2, 0.25) is 17.7 Å². The molecule has 1 spiro atoms. The molecule has 3 aromatic rings. The fraction of sp³-hybridized carbons (Fsp3) is 0.355. The number of nitrogens with one attached hydrogen (secondary N) is 3. The highest BCUT2D eigenvalue weighted by atomic mass is 35.5. The second kappa shape index (κ2) is 10.7. The van der Waals surface area contributed by atoms with Gasteiger partial charge >= 0.3 is 0 Å². The van der Waals surface area contributed by atoms with Crippen LogP contribution in [0.2, 0.25) is 5.02 Å². The quantitative estimate of drug-likeness (QED) is 0.328. The lowest BCUT2D eigenvalue weighted by Gasteiger charge is -2.37. The van der Waals surface area contributed by atoms with Crippen molar-refractivity contribution in [1.29, 1.82) is 0 Å². The number of halogens is 2. The average Bonchev–Trinajstić information content (AvgIpc) is 3.39. The number of carbonyl (C=O) groups excluding carboxylic acids is 3. The van der Waals surface area contributed by atoms with Gasteiger partial charge in [0.25, 0.3) is 0 Å². The zero-order valence-corrected chi connectivity index (χ0v) is 24.7. The summed E-state index contributed by atoms with van der Waals surface area (Å²) in [6.45, 7) is 7.93. The Bertz CT molecular complexity index is 1610. The second-order valence-corrected chi connectivity index (χ2v) is 12.5. The van der Waals surface area contributed by atoms with Crippen molar-refractivity contribution in [3.8, 4) is 5.75 Å². The van der Waals surface area contributed by atoms with E-state index in [9.17, 15) is 14.4 Å². The smallest absolute Gasteiger partial charge is 0.248 e. The molecule has 1 fully saturated rings. The van der Waals surface area contributed by atoms with Gasteiger partial charge in [0.05, 0.1) is 23.9 Å². The number of benzene rings is 2. The van der Waals surface area contributed by atoms with Crippen molar-refractivity contribution in [2.75, 3.05) is 17.7 Å². The molecule has 2 aliphatic rings. The first-order chi connectivity index (χ1) is 19.8. The Hall–Kier alpha value is -4.02. The summed E-state index contributed by atoms with van der Waals surface area (Å²) < 4.78 is 21.3. The molecule has 9 nitrogen and oxygen atoms in total. The van der Waals surface area contributed by atoms with Crippen molar-refractivity contribution in [2.24, 2.45) is 11.1 Å². The fourth-order valence-electron chi connectivity index (χ4n) is 6.32. The summed E-state index contributed by atoms with van der Waals surface area (Å²) in [5.74, 6) is -3.03. The van der Waals surface area contributed by atoms with Crippen LogP contribution in [0.15, 0.2) is 48.7 Å². The molecule has 0 saturated carbocycles. The van der Waals surface area contributed by atoms with Crippen LogP contribution >= 0.6 is 11.6 Å². The monoisotopic (exact) mass is 593 g/mol. The number of aromatic nitrogens is 1. The molecule has 220 valence electrons. The largest absolute Gasteiger partial charge is 0.495 e. The number of hydrogen-bond acceptors (Lipinski definition) is 6. The number of ether oxygens (including phenoxy) is 1. The summed E-state index contributed by atoms with van der Waals surface area (Å²) in [5, 5.41) is 9.16. The molecule has 1 aromatic heterocycles. The summed E-state index contributed by atoms with van der Waals surface area (Å²) in [6, 6.07) is 9.10. The van der Waals surface area contributed by atoms with Crippen LogP contribution < -0.4 is 26.4 Å². The van der Waals surface area contributed by atoms with Crippen LogP contribution in [0.4, 0.5) is 15.8 Å². The van der Waals surface area contributed by atoms with Crippen LogP contribution in [-0.4, -0.2) is 41.9 Å². The molecule has 4 atom stereocenters.